The van der Waals surface area contributed by atoms with Crippen molar-refractivity contribution in [2.45, 2.75) is 19.8 Å². The van der Waals surface area contributed by atoms with Crippen LogP contribution < -0.4 is 0 Å². The van der Waals surface area contributed by atoms with Crippen molar-refractivity contribution < 1.29 is 14.3 Å². The molecule has 0 aromatic rings. The van der Waals surface area contributed by atoms with Crippen molar-refractivity contribution in [3.8, 4) is 0 Å². The van der Waals surface area contributed by atoms with E-state index >= 15 is 0 Å². The number of ketones is 1. The van der Waals surface area contributed by atoms with Gasteiger partial charge in [-0.2, -0.15) is 11.8 Å². The molecule has 4 heteroatoms. The van der Waals surface area contributed by atoms with Gasteiger partial charge in [0.15, 0.2) is 5.78 Å². The van der Waals surface area contributed by atoms with Crippen LogP contribution in [-0.2, 0) is 14.3 Å². The lowest BCUT2D eigenvalue weighted by atomic mass is 10.3. The largest absolute Gasteiger partial charge is 0.465 e. The van der Waals surface area contributed by atoms with E-state index in [-0.39, 0.29) is 12.2 Å². The molecular formula is C8H14O3S. The molecule has 12 heavy (non-hydrogen) atoms. The fourth-order valence-corrected chi connectivity index (χ4v) is 1.06. The van der Waals surface area contributed by atoms with Gasteiger partial charge in [0.1, 0.15) is 6.42 Å². The third-order valence-electron chi connectivity index (χ3n) is 1.11. The van der Waals surface area contributed by atoms with Gasteiger partial charge >= 0.3 is 5.97 Å². The van der Waals surface area contributed by atoms with Gasteiger partial charge in [0, 0.05) is 0 Å². The lowest BCUT2D eigenvalue weighted by Crippen LogP contribution is -2.13. The molecule has 0 aromatic carbocycles. The minimum atomic E-state index is -0.407. The normalized spacial score (nSPS) is 9.50. The second kappa shape index (κ2) is 7.16. The van der Waals surface area contributed by atoms with E-state index < -0.39 is 5.97 Å². The van der Waals surface area contributed by atoms with Crippen molar-refractivity contribution in [3.63, 3.8) is 0 Å². The van der Waals surface area contributed by atoms with E-state index in [1.807, 2.05) is 13.2 Å². The first-order chi connectivity index (χ1) is 5.70. The number of carbonyl (C=O) groups is 2. The molecule has 0 fully saturated rings. The topological polar surface area (TPSA) is 43.4 Å². The molecule has 0 radical (unpaired) electrons. The molecule has 70 valence electrons. The average molecular weight is 190 g/mol. The second-order valence-electron chi connectivity index (χ2n) is 2.37. The lowest BCUT2D eigenvalue weighted by Gasteiger charge is -2.00. The van der Waals surface area contributed by atoms with E-state index in [4.69, 9.17) is 4.74 Å². The summed E-state index contributed by atoms with van der Waals surface area (Å²) in [6.45, 7) is 2.32. The number of esters is 1. The predicted molar refractivity (Wildman–Crippen MR) is 49.3 cm³/mol. The third kappa shape index (κ3) is 6.22. The van der Waals surface area contributed by atoms with Crippen LogP contribution in [0.15, 0.2) is 0 Å². The van der Waals surface area contributed by atoms with Crippen molar-refractivity contribution in [2.75, 3.05) is 18.6 Å². The Bertz CT molecular complexity index is 156. The molecule has 0 N–H and O–H groups in total. The van der Waals surface area contributed by atoms with Gasteiger partial charge < -0.3 is 4.74 Å². The molecule has 0 aliphatic carbocycles. The summed E-state index contributed by atoms with van der Waals surface area (Å²) in [6, 6.07) is 0. The van der Waals surface area contributed by atoms with Crippen LogP contribution in [0.2, 0.25) is 0 Å². The summed E-state index contributed by atoms with van der Waals surface area (Å²) in [7, 11) is 0. The van der Waals surface area contributed by atoms with Gasteiger partial charge in [-0.1, -0.05) is 6.92 Å². The molecule has 3 nitrogen and oxygen atoms in total. The number of rotatable bonds is 6. The maximum absolute atomic E-state index is 10.9. The van der Waals surface area contributed by atoms with Crippen molar-refractivity contribution in [3.05, 3.63) is 0 Å². The summed E-state index contributed by atoms with van der Waals surface area (Å²) in [5.74, 6) is -0.0826. The van der Waals surface area contributed by atoms with Crippen LogP contribution in [0.3, 0.4) is 0 Å². The summed E-state index contributed by atoms with van der Waals surface area (Å²) < 4.78 is 4.74. The van der Waals surface area contributed by atoms with E-state index in [2.05, 4.69) is 0 Å². The van der Waals surface area contributed by atoms with Gasteiger partial charge in [0.25, 0.3) is 0 Å². The van der Waals surface area contributed by atoms with E-state index in [1.54, 1.807) is 0 Å². The first-order valence-corrected chi connectivity index (χ1v) is 5.26. The fourth-order valence-electron chi connectivity index (χ4n) is 0.640. The Morgan fingerprint density at radius 2 is 2.08 bits per heavy atom. The predicted octanol–water partition coefficient (Wildman–Crippen LogP) is 1.26. The highest BCUT2D eigenvalue weighted by Crippen LogP contribution is 1.97. The summed E-state index contributed by atoms with van der Waals surface area (Å²) in [6.07, 6.45) is 2.54. The molecule has 0 aliphatic rings. The van der Waals surface area contributed by atoms with Gasteiger partial charge in [0.05, 0.1) is 12.4 Å². The summed E-state index contributed by atoms with van der Waals surface area (Å²) in [5, 5.41) is 0. The number of hydrogen-bond acceptors (Lipinski definition) is 4. The number of ether oxygens (including phenoxy) is 1. The Hall–Kier alpha value is -0.510. The van der Waals surface area contributed by atoms with Crippen molar-refractivity contribution >= 4 is 23.5 Å². The van der Waals surface area contributed by atoms with Crippen LogP contribution in [0.1, 0.15) is 19.8 Å². The molecule has 0 rings (SSSR count). The minimum Gasteiger partial charge on any atom is -0.465 e. The zero-order valence-corrected chi connectivity index (χ0v) is 8.28. The van der Waals surface area contributed by atoms with E-state index in [9.17, 15) is 9.59 Å². The minimum absolute atomic E-state index is 0.0661. The number of thioether (sulfide) groups is 1. The van der Waals surface area contributed by atoms with Crippen LogP contribution in [0, 0.1) is 0 Å². The molecule has 0 aromatic heterocycles. The van der Waals surface area contributed by atoms with Gasteiger partial charge in [-0.25, -0.2) is 0 Å². The molecule has 0 saturated heterocycles. The maximum atomic E-state index is 10.9. The van der Waals surface area contributed by atoms with Crippen LogP contribution in [0.4, 0.5) is 0 Å². The van der Waals surface area contributed by atoms with E-state index in [1.165, 1.54) is 11.8 Å². The number of Topliss-reactive ketones (excluding diaryl/α,β-unsaturated/α-hetero) is 1. The third-order valence-corrected chi connectivity index (χ3v) is 1.72. The first kappa shape index (κ1) is 11.5. The molecule has 0 spiro atoms. The number of hydrogen-bond donors (Lipinski definition) is 0. The first-order valence-electron chi connectivity index (χ1n) is 3.87. The van der Waals surface area contributed by atoms with Gasteiger partial charge in [-0.05, 0) is 12.7 Å². The SMILES string of the molecule is CCCOC(=O)CC(=O)CSC. The van der Waals surface area contributed by atoms with Crippen LogP contribution >= 0.6 is 11.8 Å². The highest BCUT2D eigenvalue weighted by Gasteiger charge is 2.08. The molecule has 0 atom stereocenters. The highest BCUT2D eigenvalue weighted by molar-refractivity contribution is 7.99. The van der Waals surface area contributed by atoms with Crippen LogP contribution in [-0.4, -0.2) is 30.4 Å². The lowest BCUT2D eigenvalue weighted by molar-refractivity contribution is -0.145. The molecule has 0 saturated carbocycles. The van der Waals surface area contributed by atoms with Gasteiger partial charge in [-0.3, -0.25) is 9.59 Å². The van der Waals surface area contributed by atoms with E-state index in [0.717, 1.165) is 6.42 Å². The molecule has 0 amide bonds. The molecule has 0 unspecified atom stereocenters. The van der Waals surface area contributed by atoms with Gasteiger partial charge in [-0.15, -0.1) is 0 Å². The molecule has 0 aliphatic heterocycles. The Labute approximate surface area is 76.9 Å². The number of carbonyl (C=O) groups excluding carboxylic acids is 2. The quantitative estimate of drug-likeness (QED) is 0.467. The van der Waals surface area contributed by atoms with Crippen molar-refractivity contribution in [2.24, 2.45) is 0 Å². The maximum Gasteiger partial charge on any atom is 0.313 e. The van der Waals surface area contributed by atoms with Crippen molar-refractivity contribution in [1.82, 2.24) is 0 Å². The monoisotopic (exact) mass is 190 g/mol. The molecular weight excluding hydrogens is 176 g/mol. The Balaban J connectivity index is 3.47. The summed E-state index contributed by atoms with van der Waals surface area (Å²) in [5.41, 5.74) is 0. The summed E-state index contributed by atoms with van der Waals surface area (Å²) in [4.78, 5) is 21.7. The van der Waals surface area contributed by atoms with Crippen LogP contribution in [0.25, 0.3) is 0 Å². The molecule has 0 heterocycles. The van der Waals surface area contributed by atoms with Crippen molar-refractivity contribution in [1.29, 1.82) is 0 Å². The Kier molecular flexibility index (Phi) is 6.85. The zero-order valence-electron chi connectivity index (χ0n) is 7.46. The second-order valence-corrected chi connectivity index (χ2v) is 3.23. The standard InChI is InChI=1S/C8H14O3S/c1-3-4-11-8(10)5-7(9)6-12-2/h3-6H2,1-2H3. The smallest absolute Gasteiger partial charge is 0.313 e. The average Bonchev–Trinajstić information content (AvgIpc) is 2.01. The Morgan fingerprint density at radius 3 is 2.58 bits per heavy atom. The summed E-state index contributed by atoms with van der Waals surface area (Å²) >= 11 is 1.42. The molecule has 0 bridgehead atoms. The van der Waals surface area contributed by atoms with Crippen LogP contribution in [0.5, 0.6) is 0 Å². The van der Waals surface area contributed by atoms with E-state index in [0.29, 0.717) is 12.4 Å². The fraction of sp³-hybridized carbons (Fsp3) is 0.750. The highest BCUT2D eigenvalue weighted by atomic mass is 32.2. The zero-order chi connectivity index (χ0) is 9.40. The van der Waals surface area contributed by atoms with Gasteiger partial charge in [0.2, 0.25) is 0 Å². The Morgan fingerprint density at radius 1 is 1.42 bits per heavy atom.